The Labute approximate surface area is 110 Å². The van der Waals surface area contributed by atoms with Crippen LogP contribution in [0.25, 0.3) is 0 Å². The molecule has 0 aliphatic rings. The molecule has 1 atom stereocenters. The Balaban J connectivity index is 2.55. The Morgan fingerprint density at radius 1 is 1.44 bits per heavy atom. The van der Waals surface area contributed by atoms with Crippen LogP contribution in [0, 0.1) is 6.92 Å². The van der Waals surface area contributed by atoms with E-state index in [1.165, 1.54) is 11.1 Å². The number of esters is 1. The molecule has 98 valence electrons. The van der Waals surface area contributed by atoms with Crippen molar-refractivity contribution >= 4 is 5.97 Å². The minimum atomic E-state index is -0.226. The summed E-state index contributed by atoms with van der Waals surface area (Å²) in [5.41, 5.74) is 2.42. The van der Waals surface area contributed by atoms with Gasteiger partial charge in [0.05, 0.1) is 0 Å². The Morgan fingerprint density at radius 3 is 2.78 bits per heavy atom. The lowest BCUT2D eigenvalue weighted by atomic mass is 10.0. The summed E-state index contributed by atoms with van der Waals surface area (Å²) in [4.78, 5) is 11.6. The fourth-order valence-electron chi connectivity index (χ4n) is 1.78. The van der Waals surface area contributed by atoms with E-state index in [1.54, 1.807) is 6.08 Å². The van der Waals surface area contributed by atoms with Crippen molar-refractivity contribution in [3.63, 3.8) is 0 Å². The van der Waals surface area contributed by atoms with Gasteiger partial charge < -0.3 is 4.74 Å². The van der Waals surface area contributed by atoms with Gasteiger partial charge in [0.25, 0.3) is 0 Å². The third-order valence-corrected chi connectivity index (χ3v) is 2.96. The second kappa shape index (κ2) is 7.70. The van der Waals surface area contributed by atoms with E-state index in [4.69, 9.17) is 4.74 Å². The van der Waals surface area contributed by atoms with Crippen molar-refractivity contribution in [2.24, 2.45) is 0 Å². The summed E-state index contributed by atoms with van der Waals surface area (Å²) in [7, 11) is 0. The number of ether oxygens (including phenoxy) is 1. The van der Waals surface area contributed by atoms with Gasteiger partial charge in [-0.1, -0.05) is 50.3 Å². The summed E-state index contributed by atoms with van der Waals surface area (Å²) in [5, 5.41) is 0. The van der Waals surface area contributed by atoms with Crippen LogP contribution in [0.1, 0.15) is 37.3 Å². The molecule has 0 heterocycles. The van der Waals surface area contributed by atoms with E-state index in [-0.39, 0.29) is 12.1 Å². The van der Waals surface area contributed by atoms with E-state index in [0.29, 0.717) is 12.8 Å². The predicted octanol–water partition coefficient (Wildman–Crippen LogP) is 3.83. The van der Waals surface area contributed by atoms with E-state index in [9.17, 15) is 4.79 Å². The highest BCUT2D eigenvalue weighted by atomic mass is 16.5. The van der Waals surface area contributed by atoms with E-state index >= 15 is 0 Å². The molecule has 0 aliphatic heterocycles. The van der Waals surface area contributed by atoms with Crippen molar-refractivity contribution in [1.29, 1.82) is 0 Å². The summed E-state index contributed by atoms with van der Waals surface area (Å²) in [5.74, 6) is -0.129. The maximum absolute atomic E-state index is 11.6. The second-order valence-electron chi connectivity index (χ2n) is 4.50. The van der Waals surface area contributed by atoms with Crippen LogP contribution in [-0.2, 0) is 16.0 Å². The first-order chi connectivity index (χ1) is 8.67. The SMILES string of the molecule is C=C[C@@H](Cc1ccccc1C)OC(=O)CCCC. The molecule has 1 aromatic carbocycles. The molecule has 0 saturated carbocycles. The maximum Gasteiger partial charge on any atom is 0.306 e. The summed E-state index contributed by atoms with van der Waals surface area (Å²) in [6.07, 6.45) is 4.56. The standard InChI is InChI=1S/C16H22O2/c1-4-6-11-16(17)18-15(5-2)12-14-10-8-7-9-13(14)3/h5,7-10,15H,2,4,6,11-12H2,1,3H3/t15-/m0/s1. The van der Waals surface area contributed by atoms with Crippen molar-refractivity contribution in [3.05, 3.63) is 48.0 Å². The van der Waals surface area contributed by atoms with Gasteiger partial charge in [-0.05, 0) is 24.5 Å². The Bertz CT molecular complexity index is 396. The molecule has 0 radical (unpaired) electrons. The zero-order valence-corrected chi connectivity index (χ0v) is 11.3. The van der Waals surface area contributed by atoms with E-state index in [0.717, 1.165) is 12.8 Å². The molecule has 18 heavy (non-hydrogen) atoms. The fourth-order valence-corrected chi connectivity index (χ4v) is 1.78. The number of unbranched alkanes of at least 4 members (excludes halogenated alkanes) is 1. The molecular weight excluding hydrogens is 224 g/mol. The van der Waals surface area contributed by atoms with Gasteiger partial charge in [-0.15, -0.1) is 0 Å². The molecular formula is C16H22O2. The molecule has 0 saturated heterocycles. The molecule has 0 aromatic heterocycles. The first-order valence-corrected chi connectivity index (χ1v) is 6.54. The highest BCUT2D eigenvalue weighted by Crippen LogP contribution is 2.13. The van der Waals surface area contributed by atoms with Crippen LogP contribution in [0.15, 0.2) is 36.9 Å². The van der Waals surface area contributed by atoms with Crippen LogP contribution in [-0.4, -0.2) is 12.1 Å². The molecule has 0 N–H and O–H groups in total. The molecule has 0 amide bonds. The molecule has 0 fully saturated rings. The highest BCUT2D eigenvalue weighted by Gasteiger charge is 2.12. The van der Waals surface area contributed by atoms with Gasteiger partial charge in [0.2, 0.25) is 0 Å². The third-order valence-electron chi connectivity index (χ3n) is 2.96. The van der Waals surface area contributed by atoms with Crippen LogP contribution >= 0.6 is 0 Å². The van der Waals surface area contributed by atoms with E-state index in [1.807, 2.05) is 12.1 Å². The van der Waals surface area contributed by atoms with Gasteiger partial charge in [0.1, 0.15) is 6.10 Å². The first kappa shape index (κ1) is 14.5. The van der Waals surface area contributed by atoms with Crippen molar-refractivity contribution in [2.75, 3.05) is 0 Å². The zero-order valence-electron chi connectivity index (χ0n) is 11.3. The average Bonchev–Trinajstić information content (AvgIpc) is 2.38. The summed E-state index contributed by atoms with van der Waals surface area (Å²) in [6, 6.07) is 8.14. The van der Waals surface area contributed by atoms with Crippen LogP contribution in [0.3, 0.4) is 0 Å². The van der Waals surface area contributed by atoms with Gasteiger partial charge in [-0.2, -0.15) is 0 Å². The lowest BCUT2D eigenvalue weighted by Crippen LogP contribution is -2.18. The van der Waals surface area contributed by atoms with Gasteiger partial charge in [0, 0.05) is 12.8 Å². The summed E-state index contributed by atoms with van der Waals surface area (Å²) >= 11 is 0. The molecule has 0 spiro atoms. The van der Waals surface area contributed by atoms with Crippen molar-refractivity contribution in [2.45, 2.75) is 45.6 Å². The molecule has 1 aromatic rings. The van der Waals surface area contributed by atoms with Gasteiger partial charge in [-0.3, -0.25) is 4.79 Å². The largest absolute Gasteiger partial charge is 0.458 e. The Hall–Kier alpha value is -1.57. The van der Waals surface area contributed by atoms with Gasteiger partial charge in [-0.25, -0.2) is 0 Å². The van der Waals surface area contributed by atoms with Crippen LogP contribution < -0.4 is 0 Å². The monoisotopic (exact) mass is 246 g/mol. The fraction of sp³-hybridized carbons (Fsp3) is 0.438. The van der Waals surface area contributed by atoms with Crippen LogP contribution in [0.2, 0.25) is 0 Å². The minimum absolute atomic E-state index is 0.129. The summed E-state index contributed by atoms with van der Waals surface area (Å²) in [6.45, 7) is 7.87. The number of hydrogen-bond donors (Lipinski definition) is 0. The molecule has 1 rings (SSSR count). The minimum Gasteiger partial charge on any atom is -0.458 e. The van der Waals surface area contributed by atoms with E-state index in [2.05, 4.69) is 32.6 Å². The number of aryl methyl sites for hydroxylation is 1. The van der Waals surface area contributed by atoms with Gasteiger partial charge in [0.15, 0.2) is 0 Å². The van der Waals surface area contributed by atoms with E-state index < -0.39 is 0 Å². The first-order valence-electron chi connectivity index (χ1n) is 6.54. The molecule has 0 unspecified atom stereocenters. The number of benzene rings is 1. The highest BCUT2D eigenvalue weighted by molar-refractivity contribution is 5.69. The van der Waals surface area contributed by atoms with Crippen molar-refractivity contribution in [3.8, 4) is 0 Å². The Morgan fingerprint density at radius 2 is 2.17 bits per heavy atom. The van der Waals surface area contributed by atoms with Crippen molar-refractivity contribution in [1.82, 2.24) is 0 Å². The topological polar surface area (TPSA) is 26.3 Å². The average molecular weight is 246 g/mol. The van der Waals surface area contributed by atoms with Crippen molar-refractivity contribution < 1.29 is 9.53 Å². The second-order valence-corrected chi connectivity index (χ2v) is 4.50. The number of carbonyl (C=O) groups is 1. The normalized spacial score (nSPS) is 11.9. The van der Waals surface area contributed by atoms with Crippen LogP contribution in [0.4, 0.5) is 0 Å². The number of rotatable bonds is 7. The lowest BCUT2D eigenvalue weighted by Gasteiger charge is -2.15. The number of hydrogen-bond acceptors (Lipinski definition) is 2. The molecule has 2 nitrogen and oxygen atoms in total. The zero-order chi connectivity index (χ0) is 13.4. The van der Waals surface area contributed by atoms with Gasteiger partial charge >= 0.3 is 5.97 Å². The lowest BCUT2D eigenvalue weighted by molar-refractivity contribution is -0.146. The molecule has 0 aliphatic carbocycles. The maximum atomic E-state index is 11.6. The third kappa shape index (κ3) is 4.74. The van der Waals surface area contributed by atoms with Crippen LogP contribution in [0.5, 0.6) is 0 Å². The smallest absolute Gasteiger partial charge is 0.306 e. The molecule has 2 heteroatoms. The number of carbonyl (C=O) groups excluding carboxylic acids is 1. The predicted molar refractivity (Wildman–Crippen MR) is 74.5 cm³/mol. The summed E-state index contributed by atoms with van der Waals surface area (Å²) < 4.78 is 5.40. The quantitative estimate of drug-likeness (QED) is 0.540. The molecule has 0 bridgehead atoms. The Kier molecular flexibility index (Phi) is 6.20.